The van der Waals surface area contributed by atoms with Crippen molar-refractivity contribution in [3.63, 3.8) is 0 Å². The summed E-state index contributed by atoms with van der Waals surface area (Å²) in [4.78, 5) is 2.65. The van der Waals surface area contributed by atoms with Crippen LogP contribution in [-0.4, -0.2) is 50.2 Å². The maximum absolute atomic E-state index is 3.50. The maximum Gasteiger partial charge on any atom is 0.0193 e. The Morgan fingerprint density at radius 2 is 2.00 bits per heavy atom. The van der Waals surface area contributed by atoms with Crippen LogP contribution in [0.25, 0.3) is 0 Å². The molecule has 2 heterocycles. The highest BCUT2D eigenvalue weighted by Crippen LogP contribution is 2.14. The van der Waals surface area contributed by atoms with E-state index in [1.165, 1.54) is 52.1 Å². The first-order valence-corrected chi connectivity index (χ1v) is 6.02. The normalized spacial score (nSPS) is 33.4. The molecule has 2 rings (SSSR count). The van der Waals surface area contributed by atoms with E-state index >= 15 is 0 Å². The molecule has 2 aliphatic heterocycles. The molecule has 0 aromatic rings. The van der Waals surface area contributed by atoms with Gasteiger partial charge in [-0.3, -0.25) is 4.90 Å². The van der Waals surface area contributed by atoms with E-state index in [-0.39, 0.29) is 12.4 Å². The second kappa shape index (κ2) is 6.69. The quantitative estimate of drug-likeness (QED) is 0.736. The third-order valence-corrected chi connectivity index (χ3v) is 3.53. The van der Waals surface area contributed by atoms with Crippen LogP contribution in [0.4, 0.5) is 0 Å². The van der Waals surface area contributed by atoms with Crippen molar-refractivity contribution < 1.29 is 0 Å². The van der Waals surface area contributed by atoms with Gasteiger partial charge in [0.1, 0.15) is 0 Å². The Hall–Kier alpha value is 0.170. The topological polar surface area (TPSA) is 27.3 Å². The zero-order chi connectivity index (χ0) is 9.80. The number of hydrogen-bond donors (Lipinski definition) is 2. The van der Waals surface area contributed by atoms with E-state index in [0.29, 0.717) is 0 Å². The number of piperidine rings is 1. The van der Waals surface area contributed by atoms with Crippen LogP contribution in [0.3, 0.4) is 0 Å². The van der Waals surface area contributed by atoms with Crippen molar-refractivity contribution in [1.82, 2.24) is 15.5 Å². The number of piperazine rings is 1. The summed E-state index contributed by atoms with van der Waals surface area (Å²) in [5.74, 6) is 0.893. The van der Waals surface area contributed by atoms with E-state index < -0.39 is 0 Å². The molecular weight excluding hydrogens is 210 g/mol. The van der Waals surface area contributed by atoms with E-state index in [9.17, 15) is 0 Å². The second-order valence-electron chi connectivity index (χ2n) is 4.76. The minimum absolute atomic E-state index is 0. The molecule has 1 unspecified atom stereocenters. The van der Waals surface area contributed by atoms with Crippen LogP contribution < -0.4 is 10.6 Å². The molecular formula is C11H24ClN3. The fraction of sp³-hybridized carbons (Fsp3) is 1.00. The van der Waals surface area contributed by atoms with Gasteiger partial charge in [0.2, 0.25) is 0 Å². The van der Waals surface area contributed by atoms with Crippen molar-refractivity contribution in [1.29, 1.82) is 0 Å². The summed E-state index contributed by atoms with van der Waals surface area (Å²) < 4.78 is 0. The van der Waals surface area contributed by atoms with E-state index in [0.717, 1.165) is 12.0 Å². The Labute approximate surface area is 99.4 Å². The average molecular weight is 234 g/mol. The third-order valence-electron chi connectivity index (χ3n) is 3.53. The van der Waals surface area contributed by atoms with Gasteiger partial charge in [-0.2, -0.15) is 0 Å². The zero-order valence-corrected chi connectivity index (χ0v) is 10.5. The number of rotatable bonds is 2. The standard InChI is InChI=1S/C11H23N3.ClH/c1-10-7-13-5-6-14(10)9-11-3-2-4-12-8-11;/h10-13H,2-9H2,1H3;1H/t10-,11?;/m0./s1. The number of nitrogens with zero attached hydrogens (tertiary/aromatic N) is 1. The summed E-state index contributed by atoms with van der Waals surface area (Å²) in [6, 6.07) is 0.727. The fourth-order valence-electron chi connectivity index (χ4n) is 2.57. The Bertz CT molecular complexity index is 171. The summed E-state index contributed by atoms with van der Waals surface area (Å²) in [5, 5.41) is 6.94. The Morgan fingerprint density at radius 3 is 2.67 bits per heavy atom. The van der Waals surface area contributed by atoms with Crippen LogP contribution in [-0.2, 0) is 0 Å². The van der Waals surface area contributed by atoms with E-state index in [1.807, 2.05) is 0 Å². The van der Waals surface area contributed by atoms with Crippen LogP contribution >= 0.6 is 12.4 Å². The molecule has 2 saturated heterocycles. The molecule has 2 aliphatic rings. The SMILES string of the molecule is C[C@H]1CNCCN1CC1CCCNC1.Cl. The highest BCUT2D eigenvalue weighted by Gasteiger charge is 2.22. The van der Waals surface area contributed by atoms with E-state index in [4.69, 9.17) is 0 Å². The lowest BCUT2D eigenvalue weighted by atomic mass is 9.98. The van der Waals surface area contributed by atoms with E-state index in [2.05, 4.69) is 22.5 Å². The summed E-state index contributed by atoms with van der Waals surface area (Å²) in [7, 11) is 0. The number of halogens is 1. The van der Waals surface area contributed by atoms with Gasteiger partial charge in [0.15, 0.2) is 0 Å². The van der Waals surface area contributed by atoms with Crippen molar-refractivity contribution in [2.75, 3.05) is 39.3 Å². The van der Waals surface area contributed by atoms with Crippen LogP contribution in [0.5, 0.6) is 0 Å². The highest BCUT2D eigenvalue weighted by atomic mass is 35.5. The molecule has 0 spiro atoms. The lowest BCUT2D eigenvalue weighted by molar-refractivity contribution is 0.137. The minimum atomic E-state index is 0. The molecule has 15 heavy (non-hydrogen) atoms. The Morgan fingerprint density at radius 1 is 1.20 bits per heavy atom. The van der Waals surface area contributed by atoms with Crippen molar-refractivity contribution in [3.05, 3.63) is 0 Å². The maximum atomic E-state index is 3.50. The Balaban J connectivity index is 0.00000112. The van der Waals surface area contributed by atoms with Gasteiger partial charge >= 0.3 is 0 Å². The third kappa shape index (κ3) is 3.91. The van der Waals surface area contributed by atoms with Gasteiger partial charge in [0.05, 0.1) is 0 Å². The van der Waals surface area contributed by atoms with Crippen LogP contribution in [0.2, 0.25) is 0 Å². The summed E-state index contributed by atoms with van der Waals surface area (Å²) in [5.41, 5.74) is 0. The molecule has 2 N–H and O–H groups in total. The van der Waals surface area contributed by atoms with Gasteiger partial charge in [-0.25, -0.2) is 0 Å². The first-order chi connectivity index (χ1) is 6.86. The predicted octanol–water partition coefficient (Wildman–Crippen LogP) is 0.701. The number of nitrogens with one attached hydrogen (secondary N) is 2. The van der Waals surface area contributed by atoms with Gasteiger partial charge in [-0.1, -0.05) is 0 Å². The molecule has 90 valence electrons. The molecule has 2 fully saturated rings. The van der Waals surface area contributed by atoms with Crippen molar-refractivity contribution in [3.8, 4) is 0 Å². The van der Waals surface area contributed by atoms with Crippen LogP contribution in [0.15, 0.2) is 0 Å². The fourth-order valence-corrected chi connectivity index (χ4v) is 2.57. The monoisotopic (exact) mass is 233 g/mol. The molecule has 0 amide bonds. The molecule has 0 bridgehead atoms. The molecule has 3 nitrogen and oxygen atoms in total. The van der Waals surface area contributed by atoms with Gasteiger partial charge in [0, 0.05) is 32.2 Å². The Kier molecular flexibility index (Phi) is 5.90. The van der Waals surface area contributed by atoms with Gasteiger partial charge in [0.25, 0.3) is 0 Å². The number of hydrogen-bond acceptors (Lipinski definition) is 3. The first-order valence-electron chi connectivity index (χ1n) is 6.02. The summed E-state index contributed by atoms with van der Waals surface area (Å²) in [6.07, 6.45) is 2.79. The van der Waals surface area contributed by atoms with Crippen molar-refractivity contribution in [2.45, 2.75) is 25.8 Å². The largest absolute Gasteiger partial charge is 0.316 e. The van der Waals surface area contributed by atoms with Gasteiger partial charge < -0.3 is 10.6 Å². The molecule has 0 aromatic heterocycles. The first kappa shape index (κ1) is 13.2. The van der Waals surface area contributed by atoms with Gasteiger partial charge in [-0.05, 0) is 38.8 Å². The highest BCUT2D eigenvalue weighted by molar-refractivity contribution is 5.85. The lowest BCUT2D eigenvalue weighted by Gasteiger charge is -2.37. The van der Waals surface area contributed by atoms with E-state index in [1.54, 1.807) is 0 Å². The molecule has 0 aliphatic carbocycles. The molecule has 0 aromatic carbocycles. The predicted molar refractivity (Wildman–Crippen MR) is 66.7 cm³/mol. The molecule has 4 heteroatoms. The minimum Gasteiger partial charge on any atom is -0.316 e. The van der Waals surface area contributed by atoms with Crippen LogP contribution in [0, 0.1) is 5.92 Å². The van der Waals surface area contributed by atoms with Crippen molar-refractivity contribution in [2.24, 2.45) is 5.92 Å². The molecule has 0 radical (unpaired) electrons. The van der Waals surface area contributed by atoms with Gasteiger partial charge in [-0.15, -0.1) is 12.4 Å². The average Bonchev–Trinajstić information content (AvgIpc) is 2.23. The lowest BCUT2D eigenvalue weighted by Crippen LogP contribution is -2.52. The summed E-state index contributed by atoms with van der Waals surface area (Å²) in [6.45, 7) is 9.67. The molecule has 0 saturated carbocycles. The smallest absolute Gasteiger partial charge is 0.0193 e. The van der Waals surface area contributed by atoms with Crippen molar-refractivity contribution >= 4 is 12.4 Å². The zero-order valence-electron chi connectivity index (χ0n) is 9.67. The second-order valence-corrected chi connectivity index (χ2v) is 4.76. The van der Waals surface area contributed by atoms with Crippen LogP contribution in [0.1, 0.15) is 19.8 Å². The molecule has 2 atom stereocenters. The summed E-state index contributed by atoms with van der Waals surface area (Å²) >= 11 is 0.